The van der Waals surface area contributed by atoms with Crippen molar-refractivity contribution in [3.63, 3.8) is 0 Å². The third kappa shape index (κ3) is 4.62. The monoisotopic (exact) mass is 490 g/mol. The molecular formula is C25H22N4O3S2. The van der Waals surface area contributed by atoms with Gasteiger partial charge in [0.15, 0.2) is 6.61 Å². The van der Waals surface area contributed by atoms with Crippen molar-refractivity contribution >= 4 is 33.3 Å². The Bertz CT molecular complexity index is 1510. The van der Waals surface area contributed by atoms with Crippen molar-refractivity contribution < 1.29 is 9.15 Å². The number of thiophene rings is 1. The first-order chi connectivity index (χ1) is 16.5. The molecule has 5 aromatic rings. The molecule has 0 aliphatic heterocycles. The summed E-state index contributed by atoms with van der Waals surface area (Å²) in [6.45, 7) is 6.14. The van der Waals surface area contributed by atoms with E-state index < -0.39 is 0 Å². The van der Waals surface area contributed by atoms with Crippen LogP contribution in [0.1, 0.15) is 35.0 Å². The zero-order chi connectivity index (χ0) is 23.7. The Morgan fingerprint density at radius 3 is 2.79 bits per heavy atom. The molecule has 0 amide bonds. The standard InChI is InChI=1S/C25H22N4O3S2/c1-14-9-10-15(2)19(11-14)31-12-20-28-29-25(32-20)34-16(3)22-26-23(30)21-18(13-33-24(21)27-22)17-7-5-4-6-8-17/h4-11,13,16H,12H2,1-3H3,(H,26,27,30). The lowest BCUT2D eigenvalue weighted by Crippen LogP contribution is -2.12. The summed E-state index contributed by atoms with van der Waals surface area (Å²) in [5, 5.41) is 11.0. The number of benzene rings is 2. The molecule has 0 saturated carbocycles. The van der Waals surface area contributed by atoms with Crippen molar-refractivity contribution in [1.29, 1.82) is 0 Å². The van der Waals surface area contributed by atoms with Crippen LogP contribution in [0.2, 0.25) is 0 Å². The number of aromatic amines is 1. The number of ether oxygens (including phenoxy) is 1. The van der Waals surface area contributed by atoms with Crippen LogP contribution in [0.4, 0.5) is 0 Å². The second kappa shape index (κ2) is 9.44. The van der Waals surface area contributed by atoms with Gasteiger partial charge in [0.2, 0.25) is 0 Å². The highest BCUT2D eigenvalue weighted by Crippen LogP contribution is 2.35. The lowest BCUT2D eigenvalue weighted by atomic mass is 10.1. The van der Waals surface area contributed by atoms with Crippen LogP contribution in [0.15, 0.2) is 68.3 Å². The van der Waals surface area contributed by atoms with Crippen LogP contribution in [0.3, 0.4) is 0 Å². The summed E-state index contributed by atoms with van der Waals surface area (Å²) < 4.78 is 11.6. The maximum Gasteiger partial charge on any atom is 0.277 e. The Kier molecular flexibility index (Phi) is 6.21. The minimum atomic E-state index is -0.187. The average molecular weight is 491 g/mol. The predicted molar refractivity (Wildman–Crippen MR) is 134 cm³/mol. The Labute approximate surface area is 204 Å². The summed E-state index contributed by atoms with van der Waals surface area (Å²) >= 11 is 2.80. The van der Waals surface area contributed by atoms with Crippen LogP contribution in [0, 0.1) is 13.8 Å². The fourth-order valence-corrected chi connectivity index (χ4v) is 5.25. The minimum absolute atomic E-state index is 0.152. The van der Waals surface area contributed by atoms with E-state index in [0.29, 0.717) is 27.2 Å². The van der Waals surface area contributed by atoms with Gasteiger partial charge in [0, 0.05) is 10.9 Å². The number of nitrogens with one attached hydrogen (secondary N) is 1. The van der Waals surface area contributed by atoms with Crippen LogP contribution >= 0.6 is 23.1 Å². The molecule has 7 nitrogen and oxygen atoms in total. The maximum absolute atomic E-state index is 12.9. The number of aryl methyl sites for hydroxylation is 2. The van der Waals surface area contributed by atoms with E-state index in [0.717, 1.165) is 28.0 Å². The van der Waals surface area contributed by atoms with Crippen LogP contribution < -0.4 is 10.3 Å². The maximum atomic E-state index is 12.9. The first-order valence-corrected chi connectivity index (χ1v) is 12.5. The van der Waals surface area contributed by atoms with Crippen molar-refractivity contribution in [2.24, 2.45) is 0 Å². The number of hydrogen-bond acceptors (Lipinski definition) is 8. The fourth-order valence-electron chi connectivity index (χ4n) is 3.54. The molecule has 5 rings (SSSR count). The van der Waals surface area contributed by atoms with Gasteiger partial charge in [-0.15, -0.1) is 21.5 Å². The molecule has 3 heterocycles. The molecule has 9 heteroatoms. The molecular weight excluding hydrogens is 468 g/mol. The lowest BCUT2D eigenvalue weighted by Gasteiger charge is -2.08. The van der Waals surface area contributed by atoms with Crippen LogP contribution in [0.25, 0.3) is 21.3 Å². The quantitative estimate of drug-likeness (QED) is 0.276. The van der Waals surface area contributed by atoms with Gasteiger partial charge in [0.05, 0.1) is 10.6 Å². The van der Waals surface area contributed by atoms with Gasteiger partial charge in [-0.05, 0) is 43.5 Å². The number of hydrogen-bond donors (Lipinski definition) is 1. The molecule has 172 valence electrons. The highest BCUT2D eigenvalue weighted by molar-refractivity contribution is 7.99. The molecule has 2 aromatic carbocycles. The highest BCUT2D eigenvalue weighted by atomic mass is 32.2. The second-order valence-corrected chi connectivity index (χ2v) is 10.1. The van der Waals surface area contributed by atoms with Gasteiger partial charge in [-0.2, -0.15) is 0 Å². The molecule has 0 aliphatic rings. The number of H-pyrrole nitrogens is 1. The van der Waals surface area contributed by atoms with E-state index >= 15 is 0 Å². The van der Waals surface area contributed by atoms with Crippen molar-refractivity contribution in [2.45, 2.75) is 37.9 Å². The molecule has 0 radical (unpaired) electrons. The Morgan fingerprint density at radius 2 is 1.97 bits per heavy atom. The third-order valence-corrected chi connectivity index (χ3v) is 7.17. The van der Waals surface area contributed by atoms with Crippen molar-refractivity contribution in [2.75, 3.05) is 0 Å². The van der Waals surface area contributed by atoms with Gasteiger partial charge in [0.25, 0.3) is 16.7 Å². The number of thioether (sulfide) groups is 1. The minimum Gasteiger partial charge on any atom is -0.484 e. The topological polar surface area (TPSA) is 93.9 Å². The lowest BCUT2D eigenvalue weighted by molar-refractivity contribution is 0.250. The molecule has 1 N–H and O–H groups in total. The van der Waals surface area contributed by atoms with Crippen molar-refractivity contribution in [3.8, 4) is 16.9 Å². The van der Waals surface area contributed by atoms with Gasteiger partial charge in [-0.1, -0.05) is 54.2 Å². The summed E-state index contributed by atoms with van der Waals surface area (Å²) in [7, 11) is 0. The summed E-state index contributed by atoms with van der Waals surface area (Å²) in [4.78, 5) is 21.3. The van der Waals surface area contributed by atoms with Gasteiger partial charge in [-0.3, -0.25) is 4.79 Å². The van der Waals surface area contributed by atoms with E-state index in [2.05, 4.69) is 15.2 Å². The van der Waals surface area contributed by atoms with Crippen LogP contribution in [0.5, 0.6) is 5.75 Å². The van der Waals surface area contributed by atoms with E-state index in [9.17, 15) is 4.79 Å². The Hall–Kier alpha value is -3.43. The molecule has 1 atom stereocenters. The van der Waals surface area contributed by atoms with Gasteiger partial charge >= 0.3 is 0 Å². The fraction of sp³-hybridized carbons (Fsp3) is 0.200. The predicted octanol–water partition coefficient (Wildman–Crippen LogP) is 6.08. The van der Waals surface area contributed by atoms with Gasteiger partial charge < -0.3 is 14.1 Å². The summed E-state index contributed by atoms with van der Waals surface area (Å²) in [5.74, 6) is 1.75. The zero-order valence-electron chi connectivity index (χ0n) is 18.9. The van der Waals surface area contributed by atoms with Gasteiger partial charge in [0.1, 0.15) is 16.4 Å². The number of rotatable bonds is 7. The Balaban J connectivity index is 1.30. The largest absolute Gasteiger partial charge is 0.484 e. The molecule has 3 aromatic heterocycles. The zero-order valence-corrected chi connectivity index (χ0v) is 20.5. The molecule has 34 heavy (non-hydrogen) atoms. The summed E-state index contributed by atoms with van der Waals surface area (Å²) in [5.41, 5.74) is 3.91. The second-order valence-electron chi connectivity index (χ2n) is 7.93. The van der Waals surface area contributed by atoms with E-state index in [1.54, 1.807) is 0 Å². The molecule has 1 unspecified atom stereocenters. The molecule has 0 saturated heterocycles. The van der Waals surface area contributed by atoms with Crippen LogP contribution in [-0.2, 0) is 6.61 Å². The highest BCUT2D eigenvalue weighted by Gasteiger charge is 2.19. The number of fused-ring (bicyclic) bond motifs is 1. The van der Waals surface area contributed by atoms with E-state index in [1.165, 1.54) is 23.1 Å². The van der Waals surface area contributed by atoms with E-state index in [-0.39, 0.29) is 17.4 Å². The van der Waals surface area contributed by atoms with E-state index in [4.69, 9.17) is 14.1 Å². The molecule has 0 bridgehead atoms. The first kappa shape index (κ1) is 22.4. The SMILES string of the molecule is Cc1ccc(C)c(OCc2nnc(SC(C)c3nc4scc(-c5ccccc5)c4c(=O)[nH]3)o2)c1. The van der Waals surface area contributed by atoms with Gasteiger partial charge in [-0.25, -0.2) is 4.98 Å². The van der Waals surface area contributed by atoms with Crippen molar-refractivity contribution in [1.82, 2.24) is 20.2 Å². The third-order valence-electron chi connectivity index (χ3n) is 5.35. The molecule has 0 spiro atoms. The molecule has 0 aliphatic carbocycles. The van der Waals surface area contributed by atoms with Crippen LogP contribution in [-0.4, -0.2) is 20.2 Å². The first-order valence-electron chi connectivity index (χ1n) is 10.7. The van der Waals surface area contributed by atoms with E-state index in [1.807, 2.05) is 74.7 Å². The summed E-state index contributed by atoms with van der Waals surface area (Å²) in [6, 6.07) is 15.9. The Morgan fingerprint density at radius 1 is 1.15 bits per heavy atom. The summed E-state index contributed by atoms with van der Waals surface area (Å²) in [6.07, 6.45) is 0. The normalized spacial score (nSPS) is 12.2. The molecule has 0 fully saturated rings. The van der Waals surface area contributed by atoms with Crippen molar-refractivity contribution in [3.05, 3.63) is 87.1 Å². The number of aromatic nitrogens is 4. The average Bonchev–Trinajstić information content (AvgIpc) is 3.47. The smallest absolute Gasteiger partial charge is 0.277 e. The number of nitrogens with zero attached hydrogens (tertiary/aromatic N) is 3.